The molecule has 0 aromatic heterocycles. The zero-order valence-electron chi connectivity index (χ0n) is 5.93. The summed E-state index contributed by atoms with van der Waals surface area (Å²) < 4.78 is 0. The van der Waals surface area contributed by atoms with Crippen molar-refractivity contribution in [2.75, 3.05) is 13.2 Å². The standard InChI is InChI=1S/C6H14BNO/c1-7-2-3-8-6(4-7)5-9/h6,8-9H,2-5H2,1H3. The molecule has 0 aliphatic carbocycles. The van der Waals surface area contributed by atoms with Gasteiger partial charge in [0.2, 0.25) is 0 Å². The molecule has 2 N–H and O–H groups in total. The van der Waals surface area contributed by atoms with Gasteiger partial charge in [-0.1, -0.05) is 19.5 Å². The molecule has 1 unspecified atom stereocenters. The average Bonchev–Trinajstić information content (AvgIpc) is 1.88. The van der Waals surface area contributed by atoms with Crippen molar-refractivity contribution in [3.63, 3.8) is 0 Å². The summed E-state index contributed by atoms with van der Waals surface area (Å²) in [5, 5.41) is 12.0. The van der Waals surface area contributed by atoms with Crippen molar-refractivity contribution in [1.29, 1.82) is 0 Å². The fourth-order valence-corrected chi connectivity index (χ4v) is 1.36. The highest BCUT2D eigenvalue weighted by Crippen LogP contribution is 2.08. The van der Waals surface area contributed by atoms with Gasteiger partial charge in [0, 0.05) is 6.04 Å². The van der Waals surface area contributed by atoms with E-state index < -0.39 is 0 Å². The fourth-order valence-electron chi connectivity index (χ4n) is 1.36. The Morgan fingerprint density at radius 1 is 1.78 bits per heavy atom. The van der Waals surface area contributed by atoms with Gasteiger partial charge in [0.25, 0.3) is 0 Å². The summed E-state index contributed by atoms with van der Waals surface area (Å²) >= 11 is 0. The molecule has 0 spiro atoms. The molecular formula is C6H14BNO. The maximum atomic E-state index is 8.75. The van der Waals surface area contributed by atoms with E-state index in [1.54, 1.807) is 0 Å². The molecule has 0 bridgehead atoms. The molecule has 1 aliphatic heterocycles. The molecule has 1 aliphatic rings. The summed E-state index contributed by atoms with van der Waals surface area (Å²) in [7, 11) is 0. The van der Waals surface area contributed by atoms with Crippen LogP contribution in [0.3, 0.4) is 0 Å². The van der Waals surface area contributed by atoms with E-state index in [2.05, 4.69) is 12.1 Å². The Labute approximate surface area is 56.7 Å². The van der Waals surface area contributed by atoms with E-state index >= 15 is 0 Å². The monoisotopic (exact) mass is 127 g/mol. The maximum Gasteiger partial charge on any atom is 0.139 e. The minimum Gasteiger partial charge on any atom is -0.395 e. The third kappa shape index (κ3) is 1.99. The van der Waals surface area contributed by atoms with Crippen molar-refractivity contribution in [3.05, 3.63) is 0 Å². The Morgan fingerprint density at radius 2 is 2.56 bits per heavy atom. The van der Waals surface area contributed by atoms with Crippen molar-refractivity contribution >= 4 is 6.71 Å². The van der Waals surface area contributed by atoms with E-state index in [1.807, 2.05) is 0 Å². The molecule has 0 aromatic carbocycles. The van der Waals surface area contributed by atoms with Crippen molar-refractivity contribution in [2.45, 2.75) is 25.5 Å². The third-order valence-electron chi connectivity index (χ3n) is 1.98. The molecule has 9 heavy (non-hydrogen) atoms. The highest BCUT2D eigenvalue weighted by atomic mass is 16.3. The van der Waals surface area contributed by atoms with E-state index in [0.29, 0.717) is 12.6 Å². The summed E-state index contributed by atoms with van der Waals surface area (Å²) in [5.41, 5.74) is 0. The van der Waals surface area contributed by atoms with Crippen LogP contribution in [0.15, 0.2) is 0 Å². The van der Waals surface area contributed by atoms with E-state index in [9.17, 15) is 0 Å². The molecule has 1 saturated heterocycles. The highest BCUT2D eigenvalue weighted by molar-refractivity contribution is 6.57. The van der Waals surface area contributed by atoms with Crippen molar-refractivity contribution < 1.29 is 5.11 Å². The summed E-state index contributed by atoms with van der Waals surface area (Å²) in [4.78, 5) is 0. The van der Waals surface area contributed by atoms with Crippen molar-refractivity contribution in [1.82, 2.24) is 5.32 Å². The first-order chi connectivity index (χ1) is 4.33. The van der Waals surface area contributed by atoms with E-state index in [4.69, 9.17) is 5.11 Å². The lowest BCUT2D eigenvalue weighted by molar-refractivity contribution is 0.250. The minimum absolute atomic E-state index is 0.296. The van der Waals surface area contributed by atoms with Gasteiger partial charge in [-0.2, -0.15) is 0 Å². The minimum atomic E-state index is 0.296. The van der Waals surface area contributed by atoms with Crippen LogP contribution in [-0.4, -0.2) is 31.0 Å². The second-order valence-electron chi connectivity index (χ2n) is 2.96. The zero-order valence-corrected chi connectivity index (χ0v) is 5.93. The van der Waals surface area contributed by atoms with Crippen LogP contribution in [0, 0.1) is 0 Å². The lowest BCUT2D eigenvalue weighted by atomic mass is 9.44. The van der Waals surface area contributed by atoms with Gasteiger partial charge in [0.1, 0.15) is 6.71 Å². The predicted octanol–water partition coefficient (Wildman–Crippen LogP) is 0.0751. The Hall–Kier alpha value is -0.0151. The van der Waals surface area contributed by atoms with E-state index in [1.165, 1.54) is 6.32 Å². The predicted molar refractivity (Wildman–Crippen MR) is 40.1 cm³/mol. The third-order valence-corrected chi connectivity index (χ3v) is 1.98. The number of nitrogens with one attached hydrogen (secondary N) is 1. The number of aliphatic hydroxyl groups excluding tert-OH is 1. The van der Waals surface area contributed by atoms with Crippen LogP contribution in [0.25, 0.3) is 0 Å². The first-order valence-corrected chi connectivity index (χ1v) is 3.67. The molecule has 1 rings (SSSR count). The van der Waals surface area contributed by atoms with Crippen molar-refractivity contribution in [3.8, 4) is 0 Å². The Kier molecular flexibility index (Phi) is 2.55. The second kappa shape index (κ2) is 3.23. The summed E-state index contributed by atoms with van der Waals surface area (Å²) in [6.07, 6.45) is 2.40. The van der Waals surface area contributed by atoms with Gasteiger partial charge in [-0.25, -0.2) is 0 Å². The quantitative estimate of drug-likeness (QED) is 0.488. The Balaban J connectivity index is 2.23. The first-order valence-electron chi connectivity index (χ1n) is 3.67. The zero-order chi connectivity index (χ0) is 6.69. The maximum absolute atomic E-state index is 8.75. The van der Waals surface area contributed by atoms with E-state index in [0.717, 1.165) is 19.6 Å². The van der Waals surface area contributed by atoms with Crippen LogP contribution in [0.1, 0.15) is 0 Å². The van der Waals surface area contributed by atoms with Gasteiger partial charge in [0.05, 0.1) is 6.61 Å². The molecule has 0 aromatic rings. The SMILES string of the molecule is CB1CCNC(CO)C1. The van der Waals surface area contributed by atoms with E-state index in [-0.39, 0.29) is 0 Å². The Bertz CT molecular complexity index is 89.1. The topological polar surface area (TPSA) is 32.3 Å². The molecule has 1 fully saturated rings. The molecule has 52 valence electrons. The molecule has 3 heteroatoms. The summed E-state index contributed by atoms with van der Waals surface area (Å²) in [6, 6.07) is 0.369. The van der Waals surface area contributed by atoms with Gasteiger partial charge >= 0.3 is 0 Å². The van der Waals surface area contributed by atoms with Crippen LogP contribution in [0.4, 0.5) is 0 Å². The van der Waals surface area contributed by atoms with Crippen LogP contribution in [0.2, 0.25) is 19.5 Å². The molecule has 0 saturated carbocycles. The summed E-state index contributed by atoms with van der Waals surface area (Å²) in [5.74, 6) is 0. The number of aliphatic hydroxyl groups is 1. The number of hydrogen-bond donors (Lipinski definition) is 2. The molecule has 2 nitrogen and oxygen atoms in total. The van der Waals surface area contributed by atoms with Gasteiger partial charge in [-0.15, -0.1) is 0 Å². The smallest absolute Gasteiger partial charge is 0.139 e. The van der Waals surface area contributed by atoms with Gasteiger partial charge in [0.15, 0.2) is 0 Å². The van der Waals surface area contributed by atoms with Crippen LogP contribution >= 0.6 is 0 Å². The normalized spacial score (nSPS) is 28.7. The van der Waals surface area contributed by atoms with Crippen LogP contribution in [0.5, 0.6) is 0 Å². The molecule has 1 heterocycles. The second-order valence-corrected chi connectivity index (χ2v) is 2.96. The summed E-state index contributed by atoms with van der Waals surface area (Å²) in [6.45, 7) is 4.41. The average molecular weight is 127 g/mol. The molecular weight excluding hydrogens is 113 g/mol. The van der Waals surface area contributed by atoms with Gasteiger partial charge in [-0.05, 0) is 6.54 Å². The Morgan fingerprint density at radius 3 is 3.00 bits per heavy atom. The number of hydrogen-bond acceptors (Lipinski definition) is 2. The number of rotatable bonds is 1. The first kappa shape index (κ1) is 7.10. The molecule has 0 radical (unpaired) electrons. The molecule has 0 amide bonds. The van der Waals surface area contributed by atoms with Crippen molar-refractivity contribution in [2.24, 2.45) is 0 Å². The lowest BCUT2D eigenvalue weighted by Crippen LogP contribution is -2.42. The van der Waals surface area contributed by atoms with Crippen LogP contribution < -0.4 is 5.32 Å². The van der Waals surface area contributed by atoms with Gasteiger partial charge in [-0.3, -0.25) is 0 Å². The van der Waals surface area contributed by atoms with Crippen LogP contribution in [-0.2, 0) is 0 Å². The fraction of sp³-hybridized carbons (Fsp3) is 1.00. The van der Waals surface area contributed by atoms with Gasteiger partial charge < -0.3 is 10.4 Å². The molecule has 1 atom stereocenters. The lowest BCUT2D eigenvalue weighted by Gasteiger charge is -2.24. The highest BCUT2D eigenvalue weighted by Gasteiger charge is 2.18. The largest absolute Gasteiger partial charge is 0.395 e.